The van der Waals surface area contributed by atoms with Crippen LogP contribution >= 0.6 is 0 Å². The Morgan fingerprint density at radius 2 is 1.62 bits per heavy atom. The number of carbonyl (C=O) groups is 2. The molecule has 0 saturated heterocycles. The van der Waals surface area contributed by atoms with Gasteiger partial charge in [-0.25, -0.2) is 4.79 Å². The molecule has 0 radical (unpaired) electrons. The molecule has 2 rings (SSSR count). The van der Waals surface area contributed by atoms with Gasteiger partial charge >= 0.3 is 5.97 Å². The fourth-order valence-electron chi connectivity index (χ4n) is 2.79. The van der Waals surface area contributed by atoms with E-state index in [1.54, 1.807) is 0 Å². The fraction of sp³-hybridized carbons (Fsp3) is 0.300. The summed E-state index contributed by atoms with van der Waals surface area (Å²) in [6.07, 6.45) is 0.650. The molecule has 126 valence electrons. The highest BCUT2D eigenvalue weighted by molar-refractivity contribution is 5.85. The summed E-state index contributed by atoms with van der Waals surface area (Å²) in [5.74, 6) is -0.626. The van der Waals surface area contributed by atoms with Crippen molar-refractivity contribution in [2.45, 2.75) is 32.7 Å². The summed E-state index contributed by atoms with van der Waals surface area (Å²) in [5, 5.41) is 2.79. The van der Waals surface area contributed by atoms with Crippen molar-refractivity contribution in [3.8, 4) is 0 Å². The monoisotopic (exact) mass is 325 g/mol. The third kappa shape index (κ3) is 5.23. The van der Waals surface area contributed by atoms with Crippen molar-refractivity contribution in [2.24, 2.45) is 0 Å². The predicted molar refractivity (Wildman–Crippen MR) is 93.7 cm³/mol. The first-order valence-corrected chi connectivity index (χ1v) is 7.96. The van der Waals surface area contributed by atoms with Gasteiger partial charge in [0, 0.05) is 6.42 Å². The normalized spacial score (nSPS) is 11.6. The summed E-state index contributed by atoms with van der Waals surface area (Å²) in [6.45, 7) is 4.00. The second-order valence-electron chi connectivity index (χ2n) is 6.01. The highest BCUT2D eigenvalue weighted by Crippen LogP contribution is 2.10. The second kappa shape index (κ2) is 8.29. The lowest BCUT2D eigenvalue weighted by Crippen LogP contribution is -2.43. The number of esters is 1. The highest BCUT2D eigenvalue weighted by Gasteiger charge is 2.22. The zero-order valence-electron chi connectivity index (χ0n) is 14.3. The zero-order chi connectivity index (χ0) is 17.5. The molecule has 2 aromatic carbocycles. The van der Waals surface area contributed by atoms with Gasteiger partial charge in [-0.1, -0.05) is 59.7 Å². The molecule has 24 heavy (non-hydrogen) atoms. The van der Waals surface area contributed by atoms with Gasteiger partial charge in [0.15, 0.2) is 0 Å². The smallest absolute Gasteiger partial charge is 0.328 e. The number of carbonyl (C=O) groups excluding carboxylic acids is 2. The number of benzene rings is 2. The van der Waals surface area contributed by atoms with E-state index < -0.39 is 12.0 Å². The van der Waals surface area contributed by atoms with Crippen molar-refractivity contribution >= 4 is 11.9 Å². The van der Waals surface area contributed by atoms with Gasteiger partial charge in [0.25, 0.3) is 0 Å². The maximum atomic E-state index is 12.3. The van der Waals surface area contributed by atoms with Crippen molar-refractivity contribution < 1.29 is 14.3 Å². The summed E-state index contributed by atoms with van der Waals surface area (Å²) < 4.78 is 4.82. The van der Waals surface area contributed by atoms with Crippen molar-refractivity contribution in [3.05, 3.63) is 70.8 Å². The number of methoxy groups -OCH3 is 1. The average molecular weight is 325 g/mol. The van der Waals surface area contributed by atoms with Crippen LogP contribution in [0.3, 0.4) is 0 Å². The molecule has 0 aromatic heterocycles. The van der Waals surface area contributed by atoms with E-state index in [1.165, 1.54) is 7.11 Å². The summed E-state index contributed by atoms with van der Waals surface area (Å²) in [4.78, 5) is 24.3. The molecule has 4 nitrogen and oxygen atoms in total. The van der Waals surface area contributed by atoms with Crippen LogP contribution in [0.15, 0.2) is 48.5 Å². The predicted octanol–water partition coefficient (Wildman–Crippen LogP) is 2.75. The van der Waals surface area contributed by atoms with Crippen molar-refractivity contribution in [1.82, 2.24) is 5.32 Å². The molecule has 0 aliphatic heterocycles. The first-order chi connectivity index (χ1) is 11.5. The highest BCUT2D eigenvalue weighted by atomic mass is 16.5. The molecule has 0 bridgehead atoms. The molecule has 0 aliphatic carbocycles. The second-order valence-corrected chi connectivity index (χ2v) is 6.01. The number of nitrogens with one attached hydrogen (secondary N) is 1. The summed E-state index contributed by atoms with van der Waals surface area (Å²) >= 11 is 0. The molecule has 2 aromatic rings. The van der Waals surface area contributed by atoms with Crippen LogP contribution in [0.1, 0.15) is 22.3 Å². The lowest BCUT2D eigenvalue weighted by molar-refractivity contribution is -0.145. The van der Waals surface area contributed by atoms with Gasteiger partial charge in [-0.3, -0.25) is 4.79 Å². The van der Waals surface area contributed by atoms with Crippen molar-refractivity contribution in [1.29, 1.82) is 0 Å². The fourth-order valence-corrected chi connectivity index (χ4v) is 2.79. The minimum Gasteiger partial charge on any atom is -0.467 e. The Bertz CT molecular complexity index is 690. The Kier molecular flexibility index (Phi) is 6.13. The third-order valence-electron chi connectivity index (χ3n) is 3.75. The molecule has 0 spiro atoms. The SMILES string of the molecule is COC(=O)[C@H](Cc1ccccc1)NC(=O)Cc1cc(C)cc(C)c1. The zero-order valence-corrected chi connectivity index (χ0v) is 14.3. The number of hydrogen-bond donors (Lipinski definition) is 1. The molecule has 4 heteroatoms. The molecule has 0 saturated carbocycles. The molecule has 0 heterocycles. The number of amides is 1. The third-order valence-corrected chi connectivity index (χ3v) is 3.75. The Balaban J connectivity index is 2.05. The Morgan fingerprint density at radius 1 is 1.00 bits per heavy atom. The summed E-state index contributed by atoms with van der Waals surface area (Å²) in [5.41, 5.74) is 4.14. The van der Waals surface area contributed by atoms with Crippen LogP contribution in [0, 0.1) is 13.8 Å². The lowest BCUT2D eigenvalue weighted by atomic mass is 10.0. The van der Waals surface area contributed by atoms with Crippen LogP contribution in [0.25, 0.3) is 0 Å². The first-order valence-electron chi connectivity index (χ1n) is 7.96. The average Bonchev–Trinajstić information content (AvgIpc) is 2.53. The van der Waals surface area contributed by atoms with Crippen LogP contribution in [0.2, 0.25) is 0 Å². The van der Waals surface area contributed by atoms with Gasteiger partial charge in [-0.15, -0.1) is 0 Å². The molecule has 1 N–H and O–H groups in total. The van der Waals surface area contributed by atoms with E-state index in [-0.39, 0.29) is 12.3 Å². The van der Waals surface area contributed by atoms with Gasteiger partial charge in [0.1, 0.15) is 6.04 Å². The van der Waals surface area contributed by atoms with E-state index in [0.29, 0.717) is 6.42 Å². The number of hydrogen-bond acceptors (Lipinski definition) is 3. The van der Waals surface area contributed by atoms with E-state index in [9.17, 15) is 9.59 Å². The van der Waals surface area contributed by atoms with Crippen LogP contribution in [0.4, 0.5) is 0 Å². The van der Waals surface area contributed by atoms with Gasteiger partial charge < -0.3 is 10.1 Å². The van der Waals surface area contributed by atoms with Gasteiger partial charge in [0.05, 0.1) is 13.5 Å². The minimum atomic E-state index is -0.684. The number of ether oxygens (including phenoxy) is 1. The summed E-state index contributed by atoms with van der Waals surface area (Å²) in [6, 6.07) is 14.9. The standard InChI is InChI=1S/C20H23NO3/c1-14-9-15(2)11-17(10-14)13-19(22)21-18(20(23)24-3)12-16-7-5-4-6-8-16/h4-11,18H,12-13H2,1-3H3,(H,21,22)/t18-/m0/s1. The maximum Gasteiger partial charge on any atom is 0.328 e. The molecule has 0 unspecified atom stereocenters. The largest absolute Gasteiger partial charge is 0.467 e. The topological polar surface area (TPSA) is 55.4 Å². The Morgan fingerprint density at radius 3 is 2.21 bits per heavy atom. The van der Waals surface area contributed by atoms with Crippen LogP contribution in [0.5, 0.6) is 0 Å². The van der Waals surface area contributed by atoms with E-state index in [1.807, 2.05) is 56.3 Å². The molecular weight excluding hydrogens is 302 g/mol. The van der Waals surface area contributed by atoms with Crippen molar-refractivity contribution in [3.63, 3.8) is 0 Å². The van der Waals surface area contributed by atoms with Gasteiger partial charge in [0.2, 0.25) is 5.91 Å². The molecule has 1 amide bonds. The van der Waals surface area contributed by atoms with Crippen LogP contribution in [-0.2, 0) is 27.2 Å². The lowest BCUT2D eigenvalue weighted by Gasteiger charge is -2.17. The first kappa shape index (κ1) is 17.7. The maximum absolute atomic E-state index is 12.3. The van der Waals surface area contributed by atoms with Gasteiger partial charge in [-0.05, 0) is 25.0 Å². The van der Waals surface area contributed by atoms with Crippen LogP contribution < -0.4 is 5.32 Å². The van der Waals surface area contributed by atoms with Gasteiger partial charge in [-0.2, -0.15) is 0 Å². The number of aryl methyl sites for hydroxylation is 2. The Labute approximate surface area is 142 Å². The minimum absolute atomic E-state index is 0.189. The van der Waals surface area contributed by atoms with Crippen molar-refractivity contribution in [2.75, 3.05) is 7.11 Å². The van der Waals surface area contributed by atoms with E-state index in [0.717, 1.165) is 22.3 Å². The molecular formula is C20H23NO3. The molecule has 0 aliphatic rings. The Hall–Kier alpha value is -2.62. The molecule has 0 fully saturated rings. The van der Waals surface area contributed by atoms with E-state index in [4.69, 9.17) is 4.74 Å². The van der Waals surface area contributed by atoms with E-state index >= 15 is 0 Å². The molecule has 1 atom stereocenters. The summed E-state index contributed by atoms with van der Waals surface area (Å²) in [7, 11) is 1.33. The quantitative estimate of drug-likeness (QED) is 0.831. The van der Waals surface area contributed by atoms with Crippen LogP contribution in [-0.4, -0.2) is 25.0 Å². The van der Waals surface area contributed by atoms with E-state index in [2.05, 4.69) is 11.4 Å². The number of rotatable bonds is 6.